The minimum atomic E-state index is -0.313. The number of hydrogen-bond acceptors (Lipinski definition) is 4. The molecule has 0 aliphatic heterocycles. The lowest BCUT2D eigenvalue weighted by Gasteiger charge is -2.08. The lowest BCUT2D eigenvalue weighted by atomic mass is 10.2. The second-order valence-electron chi connectivity index (χ2n) is 4.88. The Hall–Kier alpha value is -2.66. The van der Waals surface area contributed by atoms with Gasteiger partial charge < -0.3 is 10.6 Å². The van der Waals surface area contributed by atoms with E-state index in [2.05, 4.69) is 20.6 Å². The Morgan fingerprint density at radius 3 is 2.65 bits per heavy atom. The average molecular weight is 329 g/mol. The quantitative estimate of drug-likeness (QED) is 0.717. The predicted molar refractivity (Wildman–Crippen MR) is 90.5 cm³/mol. The summed E-state index contributed by atoms with van der Waals surface area (Å²) < 4.78 is 13.2. The summed E-state index contributed by atoms with van der Waals surface area (Å²) in [6, 6.07) is 15.5. The Balaban J connectivity index is 1.66. The molecule has 3 aromatic rings. The number of benzene rings is 2. The van der Waals surface area contributed by atoms with E-state index in [1.807, 2.05) is 24.3 Å². The molecule has 0 aliphatic carbocycles. The molecular formula is C17H14ClFN4. The molecule has 0 radical (unpaired) electrons. The highest BCUT2D eigenvalue weighted by atomic mass is 35.5. The molecule has 0 bridgehead atoms. The molecule has 3 rings (SSSR count). The molecule has 0 fully saturated rings. The van der Waals surface area contributed by atoms with Crippen LogP contribution in [0.4, 0.5) is 21.8 Å². The third-order valence-corrected chi connectivity index (χ3v) is 3.38. The first kappa shape index (κ1) is 15.2. The van der Waals surface area contributed by atoms with Crippen LogP contribution in [0.5, 0.6) is 0 Å². The van der Waals surface area contributed by atoms with Crippen molar-refractivity contribution in [2.45, 2.75) is 6.54 Å². The number of aromatic nitrogens is 2. The third-order valence-electron chi connectivity index (χ3n) is 3.12. The van der Waals surface area contributed by atoms with Gasteiger partial charge in [-0.15, -0.1) is 0 Å². The summed E-state index contributed by atoms with van der Waals surface area (Å²) in [4.78, 5) is 8.48. The van der Waals surface area contributed by atoms with E-state index >= 15 is 0 Å². The lowest BCUT2D eigenvalue weighted by molar-refractivity contribution is 0.628. The fourth-order valence-corrected chi connectivity index (χ4v) is 2.13. The van der Waals surface area contributed by atoms with Gasteiger partial charge in [0.1, 0.15) is 11.6 Å². The Kier molecular flexibility index (Phi) is 4.68. The van der Waals surface area contributed by atoms with Crippen LogP contribution in [0.2, 0.25) is 5.02 Å². The van der Waals surface area contributed by atoms with E-state index in [4.69, 9.17) is 11.6 Å². The summed E-state index contributed by atoms with van der Waals surface area (Å²) in [5.74, 6) is 0.762. The van der Waals surface area contributed by atoms with Crippen LogP contribution < -0.4 is 10.6 Å². The Bertz CT molecular complexity index is 793. The van der Waals surface area contributed by atoms with Gasteiger partial charge in [0.2, 0.25) is 5.95 Å². The van der Waals surface area contributed by atoms with Gasteiger partial charge in [-0.25, -0.2) is 9.37 Å². The Labute approximate surface area is 138 Å². The van der Waals surface area contributed by atoms with Crippen molar-refractivity contribution in [3.63, 3.8) is 0 Å². The SMILES string of the molecule is Fc1cccc(Nc2nccc(NCc3ccc(Cl)cc3)n2)c1. The van der Waals surface area contributed by atoms with E-state index < -0.39 is 0 Å². The summed E-state index contributed by atoms with van der Waals surface area (Å²) in [5, 5.41) is 6.89. The summed E-state index contributed by atoms with van der Waals surface area (Å²) in [6.45, 7) is 0.619. The van der Waals surface area contributed by atoms with Crippen molar-refractivity contribution in [2.75, 3.05) is 10.6 Å². The molecule has 0 saturated heterocycles. The number of rotatable bonds is 5. The van der Waals surface area contributed by atoms with Crippen LogP contribution in [-0.2, 0) is 6.54 Å². The van der Waals surface area contributed by atoms with Gasteiger partial charge in [0.25, 0.3) is 0 Å². The smallest absolute Gasteiger partial charge is 0.229 e. The molecule has 0 atom stereocenters. The second kappa shape index (κ2) is 7.07. The van der Waals surface area contributed by atoms with Crippen LogP contribution in [0.15, 0.2) is 60.8 Å². The van der Waals surface area contributed by atoms with Crippen LogP contribution in [-0.4, -0.2) is 9.97 Å². The maximum Gasteiger partial charge on any atom is 0.229 e. The first-order valence-corrected chi connectivity index (χ1v) is 7.41. The van der Waals surface area contributed by atoms with Gasteiger partial charge in [-0.3, -0.25) is 0 Å². The number of nitrogens with zero attached hydrogens (tertiary/aromatic N) is 2. The molecule has 6 heteroatoms. The summed E-state index contributed by atoms with van der Waals surface area (Å²) in [5.41, 5.74) is 1.69. The maximum atomic E-state index is 13.2. The Morgan fingerprint density at radius 1 is 1.04 bits per heavy atom. The highest BCUT2D eigenvalue weighted by molar-refractivity contribution is 6.30. The van der Waals surface area contributed by atoms with Gasteiger partial charge in [-0.05, 0) is 42.0 Å². The molecule has 0 amide bonds. The zero-order valence-corrected chi connectivity index (χ0v) is 12.9. The molecule has 2 N–H and O–H groups in total. The fraction of sp³-hybridized carbons (Fsp3) is 0.0588. The number of hydrogen-bond donors (Lipinski definition) is 2. The van der Waals surface area contributed by atoms with Gasteiger partial charge >= 0.3 is 0 Å². The largest absolute Gasteiger partial charge is 0.366 e. The van der Waals surface area contributed by atoms with E-state index in [0.717, 1.165) is 5.56 Å². The molecule has 0 unspecified atom stereocenters. The number of nitrogens with one attached hydrogen (secondary N) is 2. The monoisotopic (exact) mass is 328 g/mol. The van der Waals surface area contributed by atoms with E-state index in [9.17, 15) is 4.39 Å². The molecule has 0 spiro atoms. The van der Waals surface area contributed by atoms with E-state index in [1.165, 1.54) is 12.1 Å². The van der Waals surface area contributed by atoms with Gasteiger partial charge in [0.05, 0.1) is 0 Å². The molecule has 1 aromatic heterocycles. The van der Waals surface area contributed by atoms with Crippen molar-refractivity contribution in [1.29, 1.82) is 0 Å². The molecule has 23 heavy (non-hydrogen) atoms. The van der Waals surface area contributed by atoms with Crippen molar-refractivity contribution in [3.8, 4) is 0 Å². The van der Waals surface area contributed by atoms with E-state index in [1.54, 1.807) is 24.4 Å². The van der Waals surface area contributed by atoms with E-state index in [-0.39, 0.29) is 5.82 Å². The Morgan fingerprint density at radius 2 is 1.87 bits per heavy atom. The van der Waals surface area contributed by atoms with Crippen LogP contribution in [0.1, 0.15) is 5.56 Å². The third kappa shape index (κ3) is 4.40. The number of halogens is 2. The topological polar surface area (TPSA) is 49.8 Å². The summed E-state index contributed by atoms with van der Waals surface area (Å²) >= 11 is 5.86. The van der Waals surface area contributed by atoms with E-state index in [0.29, 0.717) is 29.0 Å². The molecule has 4 nitrogen and oxygen atoms in total. The molecular weight excluding hydrogens is 315 g/mol. The van der Waals surface area contributed by atoms with Crippen LogP contribution >= 0.6 is 11.6 Å². The molecule has 0 aliphatic rings. The standard InChI is InChI=1S/C17H14ClFN4/c18-13-6-4-12(5-7-13)11-21-16-8-9-20-17(23-16)22-15-3-1-2-14(19)10-15/h1-10H,11H2,(H2,20,21,22,23). The number of anilines is 3. The van der Waals surface area contributed by atoms with Crippen molar-refractivity contribution in [1.82, 2.24) is 9.97 Å². The second-order valence-corrected chi connectivity index (χ2v) is 5.32. The summed E-state index contributed by atoms with van der Waals surface area (Å²) in [7, 11) is 0. The van der Waals surface area contributed by atoms with Crippen LogP contribution in [0.3, 0.4) is 0 Å². The van der Waals surface area contributed by atoms with Crippen molar-refractivity contribution in [3.05, 3.63) is 77.2 Å². The van der Waals surface area contributed by atoms with Crippen molar-refractivity contribution < 1.29 is 4.39 Å². The average Bonchev–Trinajstić information content (AvgIpc) is 2.55. The normalized spacial score (nSPS) is 10.3. The zero-order chi connectivity index (χ0) is 16.1. The van der Waals surface area contributed by atoms with Crippen LogP contribution in [0, 0.1) is 5.82 Å². The molecule has 1 heterocycles. The van der Waals surface area contributed by atoms with Gasteiger partial charge in [0.15, 0.2) is 0 Å². The molecule has 2 aromatic carbocycles. The van der Waals surface area contributed by atoms with Crippen LogP contribution in [0.25, 0.3) is 0 Å². The maximum absolute atomic E-state index is 13.2. The minimum absolute atomic E-state index is 0.313. The highest BCUT2D eigenvalue weighted by Gasteiger charge is 2.01. The van der Waals surface area contributed by atoms with Gasteiger partial charge in [-0.2, -0.15) is 4.98 Å². The molecule has 116 valence electrons. The first-order chi connectivity index (χ1) is 11.2. The van der Waals surface area contributed by atoms with Crippen molar-refractivity contribution in [2.24, 2.45) is 0 Å². The van der Waals surface area contributed by atoms with Crippen molar-refractivity contribution >= 4 is 29.1 Å². The van der Waals surface area contributed by atoms with Gasteiger partial charge in [0, 0.05) is 23.5 Å². The molecule has 0 saturated carbocycles. The highest BCUT2D eigenvalue weighted by Crippen LogP contribution is 2.16. The predicted octanol–water partition coefficient (Wildman–Crippen LogP) is 4.62. The van der Waals surface area contributed by atoms with Gasteiger partial charge in [-0.1, -0.05) is 29.8 Å². The first-order valence-electron chi connectivity index (χ1n) is 7.03. The zero-order valence-electron chi connectivity index (χ0n) is 12.1. The minimum Gasteiger partial charge on any atom is -0.366 e. The lowest BCUT2D eigenvalue weighted by Crippen LogP contribution is -2.04. The summed E-state index contributed by atoms with van der Waals surface area (Å²) in [6.07, 6.45) is 1.64. The fourth-order valence-electron chi connectivity index (χ4n) is 2.01.